The summed E-state index contributed by atoms with van der Waals surface area (Å²) in [5.41, 5.74) is 3.81. The first kappa shape index (κ1) is 24.5. The molecule has 1 N–H and O–H groups in total. The predicted octanol–water partition coefficient (Wildman–Crippen LogP) is 2.87. The molecule has 4 rings (SSSR count). The van der Waals surface area contributed by atoms with Crippen molar-refractivity contribution in [2.24, 2.45) is 0 Å². The van der Waals surface area contributed by atoms with E-state index in [1.807, 2.05) is 73.3 Å². The molecule has 2 aromatic carbocycles. The number of aryl methyl sites for hydroxylation is 2. The number of benzene rings is 2. The summed E-state index contributed by atoms with van der Waals surface area (Å²) >= 11 is 0. The van der Waals surface area contributed by atoms with Gasteiger partial charge in [0.05, 0.1) is 24.2 Å². The van der Waals surface area contributed by atoms with E-state index in [9.17, 15) is 9.59 Å². The Morgan fingerprint density at radius 1 is 0.971 bits per heavy atom. The number of amides is 2. The summed E-state index contributed by atoms with van der Waals surface area (Å²) in [5.74, 6) is 1.60. The Morgan fingerprint density at radius 2 is 1.69 bits per heavy atom. The Bertz CT molecular complexity index is 1100. The molecule has 0 saturated carbocycles. The maximum atomic E-state index is 12.8. The molecule has 1 aliphatic rings. The van der Waals surface area contributed by atoms with Crippen molar-refractivity contribution in [3.8, 4) is 5.75 Å². The topological polar surface area (TPSA) is 87.9 Å². The molecule has 0 radical (unpaired) electrons. The fraction of sp³-hybridized carbons (Fsp3) is 0.370. The van der Waals surface area contributed by atoms with Crippen LogP contribution in [-0.4, -0.2) is 59.5 Å². The molecule has 184 valence electrons. The summed E-state index contributed by atoms with van der Waals surface area (Å²) in [6, 6.07) is 17.5. The molecule has 0 aliphatic carbocycles. The first-order valence-electron chi connectivity index (χ1n) is 11.9. The van der Waals surface area contributed by atoms with Crippen LogP contribution in [0.25, 0.3) is 0 Å². The van der Waals surface area contributed by atoms with Gasteiger partial charge in [-0.1, -0.05) is 47.6 Å². The number of ether oxygens (including phenoxy) is 1. The standard InChI is InChI=1S/C27H32N4O4/c1-20-25(21(2)35-29-20)19-34-24-10-8-22(9-11-24)16-27(33)31-14-12-30(13-15-31)18-26(32)28-17-23-6-4-3-5-7-23/h3-11H,12-19H2,1-2H3,(H,28,32). The van der Waals surface area contributed by atoms with E-state index < -0.39 is 0 Å². The highest BCUT2D eigenvalue weighted by atomic mass is 16.5. The van der Waals surface area contributed by atoms with E-state index in [-0.39, 0.29) is 11.8 Å². The van der Waals surface area contributed by atoms with Gasteiger partial charge in [0, 0.05) is 32.7 Å². The lowest BCUT2D eigenvalue weighted by molar-refractivity contribution is -0.132. The molecule has 2 heterocycles. The highest BCUT2D eigenvalue weighted by molar-refractivity contribution is 5.79. The SMILES string of the molecule is Cc1noc(C)c1COc1ccc(CC(=O)N2CCN(CC(=O)NCc3ccccc3)CC2)cc1. The average Bonchev–Trinajstić information content (AvgIpc) is 3.20. The van der Waals surface area contributed by atoms with Crippen LogP contribution in [0.4, 0.5) is 0 Å². The van der Waals surface area contributed by atoms with Crippen molar-refractivity contribution in [2.45, 2.75) is 33.4 Å². The van der Waals surface area contributed by atoms with Crippen LogP contribution in [0.15, 0.2) is 59.1 Å². The molecule has 8 heteroatoms. The van der Waals surface area contributed by atoms with Gasteiger partial charge in [0.1, 0.15) is 18.1 Å². The summed E-state index contributed by atoms with van der Waals surface area (Å²) in [6.45, 7) is 7.68. The van der Waals surface area contributed by atoms with Gasteiger partial charge in [0.15, 0.2) is 0 Å². The van der Waals surface area contributed by atoms with E-state index in [1.165, 1.54) is 0 Å². The average molecular weight is 477 g/mol. The Balaban J connectivity index is 1.17. The summed E-state index contributed by atoms with van der Waals surface area (Å²) in [6.07, 6.45) is 0.349. The fourth-order valence-corrected chi connectivity index (χ4v) is 4.06. The number of hydrogen-bond donors (Lipinski definition) is 1. The zero-order chi connectivity index (χ0) is 24.6. The number of carbonyl (C=O) groups excluding carboxylic acids is 2. The van der Waals surface area contributed by atoms with Crippen LogP contribution >= 0.6 is 0 Å². The van der Waals surface area contributed by atoms with Crippen molar-refractivity contribution in [3.63, 3.8) is 0 Å². The van der Waals surface area contributed by atoms with Crippen LogP contribution in [0, 0.1) is 13.8 Å². The van der Waals surface area contributed by atoms with E-state index >= 15 is 0 Å². The monoisotopic (exact) mass is 476 g/mol. The second-order valence-corrected chi connectivity index (χ2v) is 8.83. The van der Waals surface area contributed by atoms with Gasteiger partial charge >= 0.3 is 0 Å². The number of rotatable bonds is 9. The minimum absolute atomic E-state index is 0.00490. The van der Waals surface area contributed by atoms with Gasteiger partial charge in [-0.05, 0) is 37.1 Å². The van der Waals surface area contributed by atoms with Crippen LogP contribution < -0.4 is 10.1 Å². The maximum absolute atomic E-state index is 12.8. The molecule has 1 fully saturated rings. The van der Waals surface area contributed by atoms with Crippen molar-refractivity contribution >= 4 is 11.8 Å². The van der Waals surface area contributed by atoms with Crippen molar-refractivity contribution in [1.82, 2.24) is 20.3 Å². The molecule has 1 saturated heterocycles. The van der Waals surface area contributed by atoms with E-state index in [4.69, 9.17) is 9.26 Å². The van der Waals surface area contributed by atoms with Gasteiger partial charge in [-0.15, -0.1) is 0 Å². The van der Waals surface area contributed by atoms with Crippen LogP contribution in [-0.2, 0) is 29.2 Å². The lowest BCUT2D eigenvalue weighted by atomic mass is 10.1. The molecule has 0 bridgehead atoms. The van der Waals surface area contributed by atoms with Crippen molar-refractivity contribution in [1.29, 1.82) is 0 Å². The summed E-state index contributed by atoms with van der Waals surface area (Å²) in [4.78, 5) is 29.0. The number of aromatic nitrogens is 1. The minimum Gasteiger partial charge on any atom is -0.489 e. The Hall–Kier alpha value is -3.65. The molecule has 1 aliphatic heterocycles. The Labute approximate surface area is 205 Å². The van der Waals surface area contributed by atoms with Crippen molar-refractivity contribution in [3.05, 3.63) is 82.7 Å². The molecule has 0 spiro atoms. The number of piperazine rings is 1. The summed E-state index contributed by atoms with van der Waals surface area (Å²) < 4.78 is 11.0. The van der Waals surface area contributed by atoms with Crippen LogP contribution in [0.2, 0.25) is 0 Å². The van der Waals surface area contributed by atoms with E-state index in [0.717, 1.165) is 33.9 Å². The highest BCUT2D eigenvalue weighted by Gasteiger charge is 2.22. The fourth-order valence-electron chi connectivity index (χ4n) is 4.06. The summed E-state index contributed by atoms with van der Waals surface area (Å²) in [7, 11) is 0. The van der Waals surface area contributed by atoms with Crippen LogP contribution in [0.5, 0.6) is 5.75 Å². The van der Waals surface area contributed by atoms with E-state index in [1.54, 1.807) is 0 Å². The van der Waals surface area contributed by atoms with Gasteiger partial charge < -0.3 is 19.5 Å². The van der Waals surface area contributed by atoms with Gasteiger partial charge in [-0.25, -0.2) is 0 Å². The molecule has 0 unspecified atom stereocenters. The van der Waals surface area contributed by atoms with Gasteiger partial charge in [-0.2, -0.15) is 0 Å². The quantitative estimate of drug-likeness (QED) is 0.511. The van der Waals surface area contributed by atoms with Gasteiger partial charge in [0.2, 0.25) is 11.8 Å². The molecule has 35 heavy (non-hydrogen) atoms. The first-order valence-corrected chi connectivity index (χ1v) is 11.9. The molecular formula is C27H32N4O4. The molecule has 2 amide bonds. The second kappa shape index (κ2) is 11.7. The zero-order valence-electron chi connectivity index (χ0n) is 20.3. The lowest BCUT2D eigenvalue weighted by Gasteiger charge is -2.34. The zero-order valence-corrected chi connectivity index (χ0v) is 20.3. The van der Waals surface area contributed by atoms with Gasteiger partial charge in [0.25, 0.3) is 0 Å². The second-order valence-electron chi connectivity index (χ2n) is 8.83. The summed E-state index contributed by atoms with van der Waals surface area (Å²) in [5, 5.41) is 6.90. The van der Waals surface area contributed by atoms with Crippen LogP contribution in [0.1, 0.15) is 28.1 Å². The number of carbonyl (C=O) groups is 2. The maximum Gasteiger partial charge on any atom is 0.234 e. The Morgan fingerprint density at radius 3 is 2.34 bits per heavy atom. The van der Waals surface area contributed by atoms with Crippen LogP contribution in [0.3, 0.4) is 0 Å². The third-order valence-corrected chi connectivity index (χ3v) is 6.27. The first-order chi connectivity index (χ1) is 17.0. The number of hydrogen-bond acceptors (Lipinski definition) is 6. The predicted molar refractivity (Wildman–Crippen MR) is 132 cm³/mol. The third kappa shape index (κ3) is 6.93. The number of nitrogens with zero attached hydrogens (tertiary/aromatic N) is 3. The smallest absolute Gasteiger partial charge is 0.234 e. The molecular weight excluding hydrogens is 444 g/mol. The van der Waals surface area contributed by atoms with E-state index in [0.29, 0.717) is 52.3 Å². The normalized spacial score (nSPS) is 14.1. The van der Waals surface area contributed by atoms with Gasteiger partial charge in [-0.3, -0.25) is 14.5 Å². The Kier molecular flexibility index (Phi) is 8.15. The lowest BCUT2D eigenvalue weighted by Crippen LogP contribution is -2.51. The minimum atomic E-state index is 0.00490. The third-order valence-electron chi connectivity index (χ3n) is 6.27. The molecule has 8 nitrogen and oxygen atoms in total. The van der Waals surface area contributed by atoms with Crippen molar-refractivity contribution in [2.75, 3.05) is 32.7 Å². The van der Waals surface area contributed by atoms with Crippen molar-refractivity contribution < 1.29 is 18.8 Å². The highest BCUT2D eigenvalue weighted by Crippen LogP contribution is 2.18. The largest absolute Gasteiger partial charge is 0.489 e. The molecule has 3 aromatic rings. The number of nitrogens with one attached hydrogen (secondary N) is 1. The molecule has 0 atom stereocenters. The molecule has 1 aromatic heterocycles. The van der Waals surface area contributed by atoms with E-state index in [2.05, 4.69) is 15.4 Å².